The summed E-state index contributed by atoms with van der Waals surface area (Å²) in [5.41, 5.74) is 2.31. The fourth-order valence-corrected chi connectivity index (χ4v) is 5.73. The first kappa shape index (κ1) is 34.4. The number of halogens is 1. The highest BCUT2D eigenvalue weighted by Gasteiger charge is 2.37. The predicted molar refractivity (Wildman–Crippen MR) is 169 cm³/mol. The molecule has 43 heavy (non-hydrogen) atoms. The Balaban J connectivity index is 0.000000546. The zero-order chi connectivity index (χ0) is 31.2. The molecule has 0 saturated heterocycles. The van der Waals surface area contributed by atoms with Crippen LogP contribution in [0.1, 0.15) is 56.6 Å². The van der Waals surface area contributed by atoms with Gasteiger partial charge in [0.1, 0.15) is 18.4 Å². The number of aliphatic hydroxyl groups excluding tert-OH is 1. The summed E-state index contributed by atoms with van der Waals surface area (Å²) in [7, 11) is 1.54. The number of carbonyl (C=O) groups excluding carboxylic acids is 3. The van der Waals surface area contributed by atoms with Crippen LogP contribution >= 0.6 is 11.6 Å². The number of aryl methyl sites for hydroxylation is 2. The summed E-state index contributed by atoms with van der Waals surface area (Å²) >= 11 is 5.61. The molecule has 3 atom stereocenters. The van der Waals surface area contributed by atoms with Crippen molar-refractivity contribution in [3.63, 3.8) is 0 Å². The number of carbonyl (C=O) groups is 3. The Morgan fingerprint density at radius 2 is 1.65 bits per heavy atom. The zero-order valence-electron chi connectivity index (χ0n) is 25.6. The molecule has 2 aromatic carbocycles. The molecule has 2 aromatic rings. The average molecular weight is 615 g/mol. The Morgan fingerprint density at radius 3 is 2.33 bits per heavy atom. The highest BCUT2D eigenvalue weighted by Crippen LogP contribution is 2.28. The summed E-state index contributed by atoms with van der Waals surface area (Å²) in [6.07, 6.45) is 5.56. The van der Waals surface area contributed by atoms with E-state index in [1.54, 1.807) is 7.05 Å². The topological polar surface area (TPSA) is 120 Å². The van der Waals surface area contributed by atoms with Crippen LogP contribution in [0.4, 0.5) is 0 Å². The van der Waals surface area contributed by atoms with Crippen molar-refractivity contribution >= 4 is 29.3 Å². The summed E-state index contributed by atoms with van der Waals surface area (Å²) in [6.45, 7) is 4.65. The van der Waals surface area contributed by atoms with Crippen molar-refractivity contribution < 1.29 is 24.2 Å². The van der Waals surface area contributed by atoms with E-state index in [1.807, 2.05) is 55.5 Å². The van der Waals surface area contributed by atoms with E-state index < -0.39 is 24.1 Å². The fourth-order valence-electron chi connectivity index (χ4n) is 5.60. The lowest BCUT2D eigenvalue weighted by Gasteiger charge is -2.36. The van der Waals surface area contributed by atoms with Crippen LogP contribution in [0.15, 0.2) is 48.5 Å². The van der Waals surface area contributed by atoms with Crippen molar-refractivity contribution in [2.24, 2.45) is 5.92 Å². The largest absolute Gasteiger partial charge is 0.492 e. The minimum atomic E-state index is -1.09. The van der Waals surface area contributed by atoms with Crippen LogP contribution in [0.3, 0.4) is 0 Å². The number of ether oxygens (including phenoxy) is 1. The van der Waals surface area contributed by atoms with Crippen LogP contribution in [0.2, 0.25) is 5.02 Å². The van der Waals surface area contributed by atoms with Crippen molar-refractivity contribution in [1.82, 2.24) is 20.9 Å². The Morgan fingerprint density at radius 1 is 0.953 bits per heavy atom. The maximum atomic E-state index is 13.6. The molecule has 2 aliphatic rings. The Bertz CT molecular complexity index is 1150. The fraction of sp³-hybridized carbons (Fsp3) is 0.545. The number of hydrogen-bond donors (Lipinski definition) is 4. The van der Waals surface area contributed by atoms with Crippen molar-refractivity contribution in [2.45, 2.75) is 77.0 Å². The number of benzene rings is 2. The molecular formula is C33H47ClN4O5. The van der Waals surface area contributed by atoms with Crippen LogP contribution in [0, 0.1) is 12.8 Å². The van der Waals surface area contributed by atoms with Crippen LogP contribution in [-0.4, -0.2) is 79.2 Å². The predicted octanol–water partition coefficient (Wildman–Crippen LogP) is 3.64. The molecule has 1 fully saturated rings. The van der Waals surface area contributed by atoms with Gasteiger partial charge in [0.15, 0.2) is 0 Å². The normalized spacial score (nSPS) is 22.3. The van der Waals surface area contributed by atoms with Crippen molar-refractivity contribution in [2.75, 3.05) is 33.3 Å². The monoisotopic (exact) mass is 614 g/mol. The van der Waals surface area contributed by atoms with E-state index in [2.05, 4.69) is 16.0 Å². The van der Waals surface area contributed by atoms with E-state index in [9.17, 15) is 19.5 Å². The molecule has 3 unspecified atom stereocenters. The van der Waals surface area contributed by atoms with Gasteiger partial charge in [-0.2, -0.15) is 0 Å². The van der Waals surface area contributed by atoms with E-state index in [4.69, 9.17) is 16.3 Å². The minimum Gasteiger partial charge on any atom is -0.492 e. The summed E-state index contributed by atoms with van der Waals surface area (Å²) < 4.78 is 6.05. The smallest absolute Gasteiger partial charge is 0.245 e. The number of likely N-dealkylation sites (N-methyl/N-ethyl adjacent to an activating group) is 1. The summed E-state index contributed by atoms with van der Waals surface area (Å²) in [5.74, 6) is -0.138. The third-order valence-corrected chi connectivity index (χ3v) is 8.21. The first-order valence-electron chi connectivity index (χ1n) is 15.3. The van der Waals surface area contributed by atoms with Gasteiger partial charge in [0.25, 0.3) is 0 Å². The van der Waals surface area contributed by atoms with Gasteiger partial charge in [0.2, 0.25) is 17.7 Å². The molecule has 0 radical (unpaired) electrons. The average Bonchev–Trinajstić information content (AvgIpc) is 3.00. The second-order valence-corrected chi connectivity index (χ2v) is 11.8. The lowest BCUT2D eigenvalue weighted by atomic mass is 9.83. The molecule has 0 bridgehead atoms. The molecule has 0 aromatic heterocycles. The molecule has 236 valence electrons. The van der Waals surface area contributed by atoms with Crippen molar-refractivity contribution in [1.29, 1.82) is 0 Å². The quantitative estimate of drug-likeness (QED) is 0.410. The van der Waals surface area contributed by atoms with Gasteiger partial charge < -0.3 is 30.7 Å². The number of hydrogen-bond acceptors (Lipinski definition) is 6. The Hall–Kier alpha value is -3.14. The van der Waals surface area contributed by atoms with Gasteiger partial charge in [-0.25, -0.2) is 0 Å². The van der Waals surface area contributed by atoms with Gasteiger partial charge in [-0.1, -0.05) is 66.8 Å². The van der Waals surface area contributed by atoms with Crippen molar-refractivity contribution in [3.8, 4) is 5.75 Å². The van der Waals surface area contributed by atoms with Crippen LogP contribution in [0.25, 0.3) is 0 Å². The molecule has 9 nitrogen and oxygen atoms in total. The van der Waals surface area contributed by atoms with Crippen molar-refractivity contribution in [3.05, 3.63) is 64.7 Å². The number of para-hydroxylation sites is 1. The summed E-state index contributed by atoms with van der Waals surface area (Å²) in [4.78, 5) is 40.1. The molecule has 1 saturated carbocycles. The molecule has 1 heterocycles. The molecule has 4 rings (SSSR count). The maximum Gasteiger partial charge on any atom is 0.245 e. The summed E-state index contributed by atoms with van der Waals surface area (Å²) in [5, 5.41) is 19.9. The van der Waals surface area contributed by atoms with Crippen LogP contribution < -0.4 is 20.7 Å². The highest BCUT2D eigenvalue weighted by atomic mass is 35.5. The molecule has 10 heteroatoms. The molecule has 1 aliphatic heterocycles. The summed E-state index contributed by atoms with van der Waals surface area (Å²) in [6, 6.07) is 14.0. The highest BCUT2D eigenvalue weighted by molar-refractivity contribution is 6.30. The molecular weight excluding hydrogens is 568 g/mol. The number of rotatable bonds is 2. The first-order valence-corrected chi connectivity index (χ1v) is 15.7. The van der Waals surface area contributed by atoms with E-state index in [-0.39, 0.29) is 24.3 Å². The second kappa shape index (κ2) is 17.9. The van der Waals surface area contributed by atoms with E-state index in [0.717, 1.165) is 61.3 Å². The molecule has 4 N–H and O–H groups in total. The molecule has 1 aliphatic carbocycles. The van der Waals surface area contributed by atoms with E-state index in [1.165, 1.54) is 17.4 Å². The van der Waals surface area contributed by atoms with Gasteiger partial charge in [-0.3, -0.25) is 14.4 Å². The standard InChI is InChI=1S/C26H40N4O5.C7H7Cl/c1-18(31)24-25(33)29-17-22(32)27-14-8-12-19-9-6-7-13-21(19)35-16-15-28-23(26(34)30(24)2)20-10-4-3-5-11-20;1-6-2-4-7(8)5-3-6/h6-7,9,13,18,20,23-24,28,31H,3-5,8,10-12,14-17H2,1-2H3,(H,27,32)(H,29,33);2-5H,1H3. The lowest BCUT2D eigenvalue weighted by Crippen LogP contribution is -2.59. The van der Waals surface area contributed by atoms with Crippen LogP contribution in [0.5, 0.6) is 5.75 Å². The minimum absolute atomic E-state index is 0.153. The number of nitrogens with zero attached hydrogens (tertiary/aromatic N) is 1. The SMILES string of the molecule is CC(O)C1C(=O)NCC(=O)NCCCc2ccccc2OCCNC(C2CCCCC2)C(=O)N1C.Cc1ccc(Cl)cc1. The van der Waals surface area contributed by atoms with Gasteiger partial charge >= 0.3 is 0 Å². The maximum absolute atomic E-state index is 13.6. The van der Waals surface area contributed by atoms with Gasteiger partial charge in [-0.15, -0.1) is 0 Å². The Labute approximate surface area is 260 Å². The van der Waals surface area contributed by atoms with Gasteiger partial charge in [0, 0.05) is 25.2 Å². The number of fused-ring (bicyclic) bond motifs is 1. The zero-order valence-corrected chi connectivity index (χ0v) is 26.4. The van der Waals surface area contributed by atoms with Gasteiger partial charge in [-0.05, 0) is 69.2 Å². The second-order valence-electron chi connectivity index (χ2n) is 11.4. The first-order chi connectivity index (χ1) is 20.7. The van der Waals surface area contributed by atoms with Gasteiger partial charge in [0.05, 0.1) is 18.7 Å². The Kier molecular flexibility index (Phi) is 14.3. The number of nitrogens with one attached hydrogen (secondary N) is 3. The lowest BCUT2D eigenvalue weighted by molar-refractivity contribution is -0.145. The van der Waals surface area contributed by atoms with Crippen LogP contribution in [-0.2, 0) is 20.8 Å². The third-order valence-electron chi connectivity index (χ3n) is 7.95. The number of amides is 3. The van der Waals surface area contributed by atoms with E-state index >= 15 is 0 Å². The number of aliphatic hydroxyl groups is 1. The molecule has 3 amide bonds. The van der Waals surface area contributed by atoms with E-state index in [0.29, 0.717) is 19.7 Å². The molecule has 0 spiro atoms. The third kappa shape index (κ3) is 11.1.